The van der Waals surface area contributed by atoms with E-state index in [1.807, 2.05) is 79.4 Å². The van der Waals surface area contributed by atoms with Gasteiger partial charge in [0.05, 0.1) is 17.5 Å². The number of hydrogen-bond donors (Lipinski definition) is 5. The predicted octanol–water partition coefficient (Wildman–Crippen LogP) is 1.93. The monoisotopic (exact) mass is 793 g/mol. The molecule has 0 bridgehead atoms. The Balaban J connectivity index is 1.22. The van der Waals surface area contributed by atoms with Crippen molar-refractivity contribution in [3.8, 4) is 0 Å². The van der Waals surface area contributed by atoms with Gasteiger partial charge in [0.15, 0.2) is 9.84 Å². The Morgan fingerprint density at radius 1 is 0.750 bits per heavy atom. The van der Waals surface area contributed by atoms with Crippen LogP contribution in [-0.2, 0) is 41.9 Å². The van der Waals surface area contributed by atoms with Crippen LogP contribution in [0, 0.1) is 11.3 Å². The SMILES string of the molecule is CC(C)C[C@@H](NC(=O)[C@@H](Cc1ccccc1)NC(=O)[C@H](N)Cc1ccccc1)C(=O)N[C@H](CCCCN)C(=O)N1CCC2(CC1)CC(N1CCS(=O)(=O)CC1)C2. The number of sulfone groups is 1. The average Bonchev–Trinajstić information content (AvgIpc) is 3.16. The van der Waals surface area contributed by atoms with Gasteiger partial charge in [-0.3, -0.25) is 24.1 Å². The zero-order chi connectivity index (χ0) is 40.3. The van der Waals surface area contributed by atoms with Crippen LogP contribution in [0.5, 0.6) is 0 Å². The summed E-state index contributed by atoms with van der Waals surface area (Å²) < 4.78 is 23.8. The Kier molecular flexibility index (Phi) is 15.5. The summed E-state index contributed by atoms with van der Waals surface area (Å²) in [5.41, 5.74) is 14.0. The van der Waals surface area contributed by atoms with Crippen LogP contribution in [0.3, 0.4) is 0 Å². The number of hydrogen-bond acceptors (Lipinski definition) is 9. The summed E-state index contributed by atoms with van der Waals surface area (Å²) in [7, 11) is -2.92. The zero-order valence-electron chi connectivity index (χ0n) is 33.2. The number of benzene rings is 2. The van der Waals surface area contributed by atoms with Crippen molar-refractivity contribution in [3.05, 3.63) is 71.8 Å². The third-order valence-electron chi connectivity index (χ3n) is 11.8. The lowest BCUT2D eigenvalue weighted by Gasteiger charge is -2.56. The average molecular weight is 794 g/mol. The molecule has 0 aromatic heterocycles. The Morgan fingerprint density at radius 3 is 1.86 bits per heavy atom. The van der Waals surface area contributed by atoms with Gasteiger partial charge in [0.2, 0.25) is 23.6 Å². The molecule has 14 heteroatoms. The van der Waals surface area contributed by atoms with Crippen LogP contribution >= 0.6 is 0 Å². The number of piperidine rings is 1. The quantitative estimate of drug-likeness (QED) is 0.140. The molecule has 1 saturated carbocycles. The number of nitrogens with zero attached hydrogens (tertiary/aromatic N) is 2. The number of carbonyl (C=O) groups excluding carboxylic acids is 4. The number of nitrogens with one attached hydrogen (secondary N) is 3. The Morgan fingerprint density at radius 2 is 1.29 bits per heavy atom. The van der Waals surface area contributed by atoms with Crippen molar-refractivity contribution in [2.75, 3.05) is 44.2 Å². The molecule has 4 atom stereocenters. The third-order valence-corrected chi connectivity index (χ3v) is 13.4. The lowest BCUT2D eigenvalue weighted by molar-refractivity contribution is -0.141. The molecular formula is C42H63N7O6S. The molecule has 3 fully saturated rings. The fraction of sp³-hybridized carbons (Fsp3) is 0.619. The smallest absolute Gasteiger partial charge is 0.245 e. The van der Waals surface area contributed by atoms with Crippen LogP contribution in [0.15, 0.2) is 60.7 Å². The highest BCUT2D eigenvalue weighted by atomic mass is 32.2. The highest BCUT2D eigenvalue weighted by Crippen LogP contribution is 2.51. The summed E-state index contributed by atoms with van der Waals surface area (Å²) >= 11 is 0. The minimum absolute atomic E-state index is 0.0397. The molecule has 1 aliphatic carbocycles. The summed E-state index contributed by atoms with van der Waals surface area (Å²) in [6, 6.07) is 15.6. The second kappa shape index (κ2) is 20.0. The zero-order valence-corrected chi connectivity index (χ0v) is 34.0. The van der Waals surface area contributed by atoms with E-state index in [-0.39, 0.29) is 35.2 Å². The van der Waals surface area contributed by atoms with Crippen molar-refractivity contribution in [3.63, 3.8) is 0 Å². The molecule has 5 rings (SSSR count). The largest absolute Gasteiger partial charge is 0.343 e. The summed E-state index contributed by atoms with van der Waals surface area (Å²) in [5, 5.41) is 8.79. The molecule has 0 unspecified atom stereocenters. The highest BCUT2D eigenvalue weighted by molar-refractivity contribution is 7.91. The number of carbonyl (C=O) groups is 4. The number of rotatable bonds is 18. The fourth-order valence-corrected chi connectivity index (χ4v) is 9.65. The van der Waals surface area contributed by atoms with E-state index in [9.17, 15) is 27.6 Å². The van der Waals surface area contributed by atoms with Gasteiger partial charge in [-0.1, -0.05) is 74.5 Å². The van der Waals surface area contributed by atoms with Crippen molar-refractivity contribution in [2.24, 2.45) is 22.8 Å². The lowest BCUT2D eigenvalue weighted by atomic mass is 9.60. The maximum Gasteiger partial charge on any atom is 0.245 e. The molecular weight excluding hydrogens is 731 g/mol. The second-order valence-electron chi connectivity index (χ2n) is 16.7. The molecule has 4 amide bonds. The fourth-order valence-electron chi connectivity index (χ4n) is 8.42. The minimum Gasteiger partial charge on any atom is -0.343 e. The molecule has 56 heavy (non-hydrogen) atoms. The third kappa shape index (κ3) is 12.3. The first-order valence-electron chi connectivity index (χ1n) is 20.4. The Hall–Kier alpha value is -3.85. The van der Waals surface area contributed by atoms with Gasteiger partial charge in [0.25, 0.3) is 0 Å². The number of likely N-dealkylation sites (tertiary alicyclic amines) is 1. The van der Waals surface area contributed by atoms with Gasteiger partial charge < -0.3 is 32.3 Å². The van der Waals surface area contributed by atoms with Crippen molar-refractivity contribution in [1.82, 2.24) is 25.8 Å². The van der Waals surface area contributed by atoms with E-state index in [4.69, 9.17) is 11.5 Å². The summed E-state index contributed by atoms with van der Waals surface area (Å²) in [6.07, 6.45) is 6.42. The van der Waals surface area contributed by atoms with Gasteiger partial charge in [-0.15, -0.1) is 0 Å². The van der Waals surface area contributed by atoms with Gasteiger partial charge in [0, 0.05) is 38.6 Å². The van der Waals surface area contributed by atoms with Crippen LogP contribution in [0.4, 0.5) is 0 Å². The predicted molar refractivity (Wildman–Crippen MR) is 218 cm³/mol. The van der Waals surface area contributed by atoms with E-state index < -0.39 is 51.7 Å². The molecule has 13 nitrogen and oxygen atoms in total. The standard InChI is InChI=1S/C42H63N7O6S/c1-30(2)25-36(47-40(52)37(27-32-13-7-4-8-14-32)46-38(50)34(44)26-31-11-5-3-6-12-31)39(51)45-35(15-9-10-18-43)41(53)49-19-16-42(17-20-49)28-33(29-42)48-21-23-56(54,55)24-22-48/h3-8,11-14,30,33-37H,9-10,15-29,43-44H2,1-2H3,(H,45,51)(H,46,50)(H,47,52)/t34-,35-,36-,37-/m1/s1. The molecule has 0 radical (unpaired) electrons. The van der Waals surface area contributed by atoms with Gasteiger partial charge >= 0.3 is 0 Å². The summed E-state index contributed by atoms with van der Waals surface area (Å²) in [5.74, 6) is -1.05. The molecule has 2 aliphatic heterocycles. The second-order valence-corrected chi connectivity index (χ2v) is 19.0. The van der Waals surface area contributed by atoms with E-state index >= 15 is 0 Å². The number of unbranched alkanes of at least 4 members (excludes halogenated alkanes) is 1. The molecule has 1 spiro atoms. The van der Waals surface area contributed by atoms with Gasteiger partial charge in [-0.2, -0.15) is 0 Å². The Labute approximate surface area is 333 Å². The van der Waals surface area contributed by atoms with Gasteiger partial charge in [-0.25, -0.2) is 8.42 Å². The topological polar surface area (TPSA) is 197 Å². The molecule has 7 N–H and O–H groups in total. The van der Waals surface area contributed by atoms with Crippen molar-refractivity contribution < 1.29 is 27.6 Å². The van der Waals surface area contributed by atoms with E-state index in [0.29, 0.717) is 70.9 Å². The normalized spacial score (nSPS) is 20.3. The summed E-state index contributed by atoms with van der Waals surface area (Å²) in [6.45, 7) is 6.79. The van der Waals surface area contributed by atoms with Crippen LogP contribution < -0.4 is 27.4 Å². The molecule has 3 aliphatic rings. The van der Waals surface area contributed by atoms with Gasteiger partial charge in [-0.05, 0) is 86.8 Å². The lowest BCUT2D eigenvalue weighted by Crippen LogP contribution is -2.60. The number of nitrogens with two attached hydrogens (primary N) is 2. The van der Waals surface area contributed by atoms with E-state index in [1.54, 1.807) is 0 Å². The molecule has 2 heterocycles. The van der Waals surface area contributed by atoms with Crippen LogP contribution in [0.2, 0.25) is 0 Å². The molecule has 2 aromatic rings. The van der Waals surface area contributed by atoms with Gasteiger partial charge in [0.1, 0.15) is 18.1 Å². The van der Waals surface area contributed by atoms with Crippen molar-refractivity contribution in [2.45, 2.75) is 108 Å². The van der Waals surface area contributed by atoms with Crippen molar-refractivity contribution in [1.29, 1.82) is 0 Å². The van der Waals surface area contributed by atoms with Crippen LogP contribution in [-0.4, -0.2) is 116 Å². The number of amides is 4. The molecule has 2 aromatic carbocycles. The maximum absolute atomic E-state index is 14.1. The first-order chi connectivity index (χ1) is 26.8. The van der Waals surface area contributed by atoms with Crippen LogP contribution in [0.25, 0.3) is 0 Å². The summed E-state index contributed by atoms with van der Waals surface area (Å²) in [4.78, 5) is 59.7. The highest BCUT2D eigenvalue weighted by Gasteiger charge is 2.49. The first kappa shape index (κ1) is 43.3. The maximum atomic E-state index is 14.1. The van der Waals surface area contributed by atoms with E-state index in [2.05, 4.69) is 20.9 Å². The molecule has 2 saturated heterocycles. The minimum atomic E-state index is -2.92. The van der Waals surface area contributed by atoms with Crippen LogP contribution in [0.1, 0.15) is 76.3 Å². The van der Waals surface area contributed by atoms with Crippen molar-refractivity contribution >= 4 is 33.5 Å². The first-order valence-corrected chi connectivity index (χ1v) is 22.3. The molecule has 308 valence electrons. The van der Waals surface area contributed by atoms with E-state index in [0.717, 1.165) is 36.8 Å². The van der Waals surface area contributed by atoms with E-state index in [1.165, 1.54) is 0 Å². The Bertz CT molecular complexity index is 1700.